The lowest BCUT2D eigenvalue weighted by Gasteiger charge is -2.14. The lowest BCUT2D eigenvalue weighted by molar-refractivity contribution is -0.151. The van der Waals surface area contributed by atoms with Crippen molar-refractivity contribution in [3.05, 3.63) is 60.2 Å². The van der Waals surface area contributed by atoms with Gasteiger partial charge in [0.25, 0.3) is 5.91 Å². The fourth-order valence-corrected chi connectivity index (χ4v) is 2.94. The number of carbonyl (C=O) groups excluding carboxylic acids is 2. The number of esters is 1. The molecule has 2 rings (SSSR count). The van der Waals surface area contributed by atoms with Gasteiger partial charge >= 0.3 is 5.97 Å². The molecular weight excluding hydrogens is 382 g/mol. The zero-order chi connectivity index (χ0) is 20.0. The Hall–Kier alpha value is -2.85. The maximum Gasteiger partial charge on any atom is 0.321 e. The van der Waals surface area contributed by atoms with Crippen molar-refractivity contribution in [1.82, 2.24) is 4.72 Å². The highest BCUT2D eigenvalue weighted by molar-refractivity contribution is 7.89. The summed E-state index contributed by atoms with van der Waals surface area (Å²) in [6.07, 6.45) is -1.33. The highest BCUT2D eigenvalue weighted by Gasteiger charge is 2.21. The number of rotatable bonds is 7. The number of amides is 1. The molecule has 144 valence electrons. The van der Waals surface area contributed by atoms with Gasteiger partial charge in [0.1, 0.15) is 18.2 Å². The summed E-state index contributed by atoms with van der Waals surface area (Å²) in [6.45, 7) is 0.528. The third-order valence-corrected chi connectivity index (χ3v) is 4.74. The Morgan fingerprint density at radius 1 is 1.11 bits per heavy atom. The van der Waals surface area contributed by atoms with Crippen molar-refractivity contribution < 1.29 is 31.5 Å². The van der Waals surface area contributed by atoms with E-state index in [2.05, 4.69) is 5.32 Å². The molecule has 0 saturated carbocycles. The number of carbonyl (C=O) groups is 2. The quantitative estimate of drug-likeness (QED) is 0.693. The summed E-state index contributed by atoms with van der Waals surface area (Å²) >= 11 is 0. The summed E-state index contributed by atoms with van der Waals surface area (Å²) in [4.78, 5) is 23.6. The van der Waals surface area contributed by atoms with Crippen molar-refractivity contribution in [3.8, 4) is 0 Å². The monoisotopic (exact) mass is 398 g/mol. The average Bonchev–Trinajstić information content (AvgIpc) is 2.63. The molecule has 0 heterocycles. The van der Waals surface area contributed by atoms with Crippen LogP contribution in [0.1, 0.15) is 6.92 Å². The first-order chi connectivity index (χ1) is 12.7. The predicted octanol–water partition coefficient (Wildman–Crippen LogP) is 1.81. The van der Waals surface area contributed by atoms with E-state index in [-0.39, 0.29) is 10.6 Å². The van der Waals surface area contributed by atoms with Crippen LogP contribution < -0.4 is 10.0 Å². The summed E-state index contributed by atoms with van der Waals surface area (Å²) < 4.78 is 57.2. The van der Waals surface area contributed by atoms with Crippen LogP contribution in [-0.4, -0.2) is 32.9 Å². The predicted molar refractivity (Wildman–Crippen MR) is 92.2 cm³/mol. The third-order valence-electron chi connectivity index (χ3n) is 3.33. The van der Waals surface area contributed by atoms with E-state index in [0.717, 1.165) is 12.1 Å². The largest absolute Gasteiger partial charge is 0.452 e. The van der Waals surface area contributed by atoms with Crippen LogP contribution in [0.15, 0.2) is 53.4 Å². The number of anilines is 1. The van der Waals surface area contributed by atoms with Crippen molar-refractivity contribution in [2.75, 3.05) is 11.9 Å². The number of halogens is 2. The van der Waals surface area contributed by atoms with Gasteiger partial charge in [-0.05, 0) is 31.2 Å². The molecule has 1 amide bonds. The minimum atomic E-state index is -3.91. The molecule has 10 heteroatoms. The molecule has 0 saturated heterocycles. The maximum atomic E-state index is 13.5. The fraction of sp³-hybridized carbons (Fsp3) is 0.176. The number of benzene rings is 2. The molecule has 27 heavy (non-hydrogen) atoms. The zero-order valence-electron chi connectivity index (χ0n) is 14.1. The molecule has 0 fully saturated rings. The lowest BCUT2D eigenvalue weighted by Crippen LogP contribution is -2.36. The van der Waals surface area contributed by atoms with E-state index in [1.165, 1.54) is 31.2 Å². The lowest BCUT2D eigenvalue weighted by atomic mass is 10.2. The molecule has 0 bridgehead atoms. The van der Waals surface area contributed by atoms with Gasteiger partial charge in [0.2, 0.25) is 10.0 Å². The van der Waals surface area contributed by atoms with Crippen LogP contribution in [0.2, 0.25) is 0 Å². The molecular formula is C17H16F2N2O5S. The van der Waals surface area contributed by atoms with Gasteiger partial charge in [-0.1, -0.05) is 18.2 Å². The average molecular weight is 398 g/mol. The van der Waals surface area contributed by atoms with Gasteiger partial charge in [-0.3, -0.25) is 9.59 Å². The van der Waals surface area contributed by atoms with Crippen molar-refractivity contribution in [1.29, 1.82) is 0 Å². The first-order valence-corrected chi connectivity index (χ1v) is 9.17. The topological polar surface area (TPSA) is 102 Å². The number of ether oxygens (including phenoxy) is 1. The Balaban J connectivity index is 1.88. The van der Waals surface area contributed by atoms with Crippen molar-refractivity contribution in [2.24, 2.45) is 0 Å². The normalized spacial score (nSPS) is 12.3. The highest BCUT2D eigenvalue weighted by Crippen LogP contribution is 2.15. The second-order valence-electron chi connectivity index (χ2n) is 5.38. The maximum absolute atomic E-state index is 13.5. The Morgan fingerprint density at radius 3 is 2.41 bits per heavy atom. The van der Waals surface area contributed by atoms with Crippen molar-refractivity contribution in [2.45, 2.75) is 17.9 Å². The first kappa shape index (κ1) is 20.5. The van der Waals surface area contributed by atoms with Gasteiger partial charge in [0, 0.05) is 6.07 Å². The Bertz CT molecular complexity index is 936. The number of hydrogen-bond donors (Lipinski definition) is 2. The van der Waals surface area contributed by atoms with Gasteiger partial charge in [-0.15, -0.1) is 0 Å². The molecule has 0 aliphatic carbocycles. The molecule has 0 unspecified atom stereocenters. The second-order valence-corrected chi connectivity index (χ2v) is 7.15. The summed E-state index contributed by atoms with van der Waals surface area (Å²) in [7, 11) is -3.91. The van der Waals surface area contributed by atoms with Gasteiger partial charge in [-0.25, -0.2) is 17.2 Å². The van der Waals surface area contributed by atoms with Crippen LogP contribution in [-0.2, 0) is 24.3 Å². The minimum Gasteiger partial charge on any atom is -0.452 e. The van der Waals surface area contributed by atoms with Crippen LogP contribution in [0.25, 0.3) is 0 Å². The molecule has 2 aromatic carbocycles. The smallest absolute Gasteiger partial charge is 0.321 e. The SMILES string of the molecule is C[C@H](OC(=O)CNS(=O)(=O)c1ccccc1)C(=O)Nc1ccc(F)cc1F. The van der Waals surface area contributed by atoms with Gasteiger partial charge in [0.15, 0.2) is 6.10 Å². The second kappa shape index (κ2) is 8.69. The van der Waals surface area contributed by atoms with Crippen molar-refractivity contribution in [3.63, 3.8) is 0 Å². The third kappa shape index (κ3) is 5.83. The molecule has 0 aliphatic heterocycles. The van der Waals surface area contributed by atoms with Crippen LogP contribution >= 0.6 is 0 Å². The van der Waals surface area contributed by atoms with E-state index in [1.807, 2.05) is 4.72 Å². The van der Waals surface area contributed by atoms with E-state index >= 15 is 0 Å². The molecule has 7 nitrogen and oxygen atoms in total. The Kier molecular flexibility index (Phi) is 6.59. The van der Waals surface area contributed by atoms with E-state index in [9.17, 15) is 26.8 Å². The molecule has 0 radical (unpaired) electrons. The number of sulfonamides is 1. The summed E-state index contributed by atoms with van der Waals surface area (Å²) in [6, 6.07) is 9.94. The first-order valence-electron chi connectivity index (χ1n) is 7.69. The molecule has 0 spiro atoms. The molecule has 0 aromatic heterocycles. The van der Waals surface area contributed by atoms with E-state index in [4.69, 9.17) is 4.74 Å². The zero-order valence-corrected chi connectivity index (χ0v) is 14.9. The van der Waals surface area contributed by atoms with E-state index in [1.54, 1.807) is 6.07 Å². The Morgan fingerprint density at radius 2 is 1.78 bits per heavy atom. The van der Waals surface area contributed by atoms with Gasteiger partial charge in [0.05, 0.1) is 10.6 Å². The summed E-state index contributed by atoms with van der Waals surface area (Å²) in [5, 5.41) is 2.14. The van der Waals surface area contributed by atoms with E-state index in [0.29, 0.717) is 6.07 Å². The summed E-state index contributed by atoms with van der Waals surface area (Å²) in [5.41, 5.74) is -0.283. The highest BCUT2D eigenvalue weighted by atomic mass is 32.2. The summed E-state index contributed by atoms with van der Waals surface area (Å²) in [5.74, 6) is -3.66. The molecule has 1 atom stereocenters. The molecule has 2 N–H and O–H groups in total. The number of hydrogen-bond acceptors (Lipinski definition) is 5. The van der Waals surface area contributed by atoms with Crippen molar-refractivity contribution >= 4 is 27.6 Å². The fourth-order valence-electron chi connectivity index (χ4n) is 1.95. The van der Waals surface area contributed by atoms with Crippen LogP contribution in [0.4, 0.5) is 14.5 Å². The standard InChI is InChI=1S/C17H16F2N2O5S/c1-11(17(23)21-15-8-7-12(18)9-14(15)19)26-16(22)10-20-27(24,25)13-5-3-2-4-6-13/h2-9,11,20H,10H2,1H3,(H,21,23)/t11-/m0/s1. The van der Waals surface area contributed by atoms with Gasteiger partial charge in [-0.2, -0.15) is 4.72 Å². The van der Waals surface area contributed by atoms with Crippen LogP contribution in [0.3, 0.4) is 0 Å². The Labute approximate surface area is 154 Å². The number of nitrogens with one attached hydrogen (secondary N) is 2. The molecule has 0 aliphatic rings. The minimum absolute atomic E-state index is 0.0321. The van der Waals surface area contributed by atoms with Crippen LogP contribution in [0, 0.1) is 11.6 Å². The van der Waals surface area contributed by atoms with Gasteiger partial charge < -0.3 is 10.1 Å². The van der Waals surface area contributed by atoms with Crippen LogP contribution in [0.5, 0.6) is 0 Å². The van der Waals surface area contributed by atoms with E-state index < -0.39 is 46.2 Å². The molecule has 2 aromatic rings.